The molecule has 5 rings (SSSR count). The van der Waals surface area contributed by atoms with Gasteiger partial charge in [-0.05, 0) is 60.4 Å². The van der Waals surface area contributed by atoms with Crippen LogP contribution >= 0.6 is 0 Å². The van der Waals surface area contributed by atoms with Gasteiger partial charge in [-0.15, -0.1) is 0 Å². The lowest BCUT2D eigenvalue weighted by Crippen LogP contribution is -2.45. The van der Waals surface area contributed by atoms with Gasteiger partial charge in [0.1, 0.15) is 11.8 Å². The Kier molecular flexibility index (Phi) is 9.00. The number of aromatic nitrogens is 3. The van der Waals surface area contributed by atoms with E-state index < -0.39 is 8.32 Å². The smallest absolute Gasteiger partial charge is 0.274 e. The number of nitrogens with zero attached hydrogens (tertiary/aromatic N) is 5. The van der Waals surface area contributed by atoms with Gasteiger partial charge >= 0.3 is 0 Å². The Morgan fingerprint density at radius 3 is 2.66 bits per heavy atom. The van der Waals surface area contributed by atoms with Crippen molar-refractivity contribution in [2.45, 2.75) is 64.7 Å². The highest BCUT2D eigenvalue weighted by Gasteiger charge is 2.42. The molecule has 2 aromatic heterocycles. The highest BCUT2D eigenvalue weighted by Crippen LogP contribution is 2.44. The summed E-state index contributed by atoms with van der Waals surface area (Å²) in [6.07, 6.45) is 3.56. The third-order valence-corrected chi connectivity index (χ3v) is 13.8. The molecule has 2 aliphatic rings. The number of pyridine rings is 1. The topological polar surface area (TPSA) is 117 Å². The van der Waals surface area contributed by atoms with Gasteiger partial charge in [-0.25, -0.2) is 9.97 Å². The van der Waals surface area contributed by atoms with Crippen molar-refractivity contribution >= 4 is 25.6 Å². The molecule has 0 saturated carbocycles. The summed E-state index contributed by atoms with van der Waals surface area (Å²) in [5.74, 6) is 0.325. The van der Waals surface area contributed by atoms with E-state index in [0.717, 1.165) is 55.2 Å². The van der Waals surface area contributed by atoms with E-state index in [0.29, 0.717) is 42.6 Å². The van der Waals surface area contributed by atoms with E-state index in [4.69, 9.17) is 14.1 Å². The van der Waals surface area contributed by atoms with Crippen molar-refractivity contribution in [2.24, 2.45) is 0 Å². The average molecular weight is 616 g/mol. The molecule has 0 amide bonds. The Labute approximate surface area is 261 Å². The Balaban J connectivity index is 1.40. The first kappa shape index (κ1) is 31.8. The lowest BCUT2D eigenvalue weighted by molar-refractivity contribution is 0.0363. The summed E-state index contributed by atoms with van der Waals surface area (Å²) >= 11 is 0. The highest BCUT2D eigenvalue weighted by atomic mass is 28.4. The molecule has 4 heterocycles. The largest absolute Gasteiger partial charge is 0.416 e. The second-order valence-corrected chi connectivity index (χ2v) is 18.6. The number of fused-ring (bicyclic) bond motifs is 1. The van der Waals surface area contributed by atoms with Gasteiger partial charge in [-0.3, -0.25) is 9.69 Å². The molecule has 0 spiro atoms. The molecular weight excluding hydrogens is 570 g/mol. The van der Waals surface area contributed by atoms with Crippen LogP contribution in [0.4, 0.5) is 17.3 Å². The maximum atomic E-state index is 13.4. The molecule has 44 heavy (non-hydrogen) atoms. The number of benzene rings is 1. The maximum absolute atomic E-state index is 13.4. The van der Waals surface area contributed by atoms with Crippen molar-refractivity contribution in [1.82, 2.24) is 19.4 Å². The molecule has 11 heteroatoms. The lowest BCUT2D eigenvalue weighted by Gasteiger charge is -2.39. The van der Waals surface area contributed by atoms with Crippen molar-refractivity contribution in [3.63, 3.8) is 0 Å². The third-order valence-electron chi connectivity index (χ3n) is 9.30. The van der Waals surface area contributed by atoms with Crippen LogP contribution in [0.5, 0.6) is 0 Å². The van der Waals surface area contributed by atoms with E-state index in [1.807, 2.05) is 31.3 Å². The van der Waals surface area contributed by atoms with Crippen molar-refractivity contribution in [3.05, 3.63) is 63.7 Å². The molecule has 0 aliphatic carbocycles. The summed E-state index contributed by atoms with van der Waals surface area (Å²) in [4.78, 5) is 24.9. The number of rotatable bonds is 9. The van der Waals surface area contributed by atoms with Crippen molar-refractivity contribution in [3.8, 4) is 17.3 Å². The molecule has 234 valence electrons. The zero-order chi connectivity index (χ0) is 31.7. The van der Waals surface area contributed by atoms with E-state index >= 15 is 0 Å². The normalized spacial score (nSPS) is 18.9. The van der Waals surface area contributed by atoms with Gasteiger partial charge in [0, 0.05) is 62.7 Å². The van der Waals surface area contributed by atoms with Gasteiger partial charge in [-0.1, -0.05) is 27.7 Å². The average Bonchev–Trinajstić information content (AvgIpc) is 3.33. The van der Waals surface area contributed by atoms with Crippen LogP contribution in [0.15, 0.2) is 41.5 Å². The second kappa shape index (κ2) is 12.4. The van der Waals surface area contributed by atoms with E-state index in [9.17, 15) is 10.1 Å². The van der Waals surface area contributed by atoms with E-state index in [1.54, 1.807) is 10.8 Å². The lowest BCUT2D eigenvalue weighted by atomic mass is 9.83. The molecule has 1 saturated heterocycles. The minimum Gasteiger partial charge on any atom is -0.416 e. The van der Waals surface area contributed by atoms with Crippen LogP contribution in [0.25, 0.3) is 11.3 Å². The molecule has 0 bridgehead atoms. The zero-order valence-electron chi connectivity index (χ0n) is 27.1. The molecule has 2 aliphatic heterocycles. The van der Waals surface area contributed by atoms with Crippen molar-refractivity contribution in [1.29, 1.82) is 5.26 Å². The Hall–Kier alpha value is -3.56. The summed E-state index contributed by atoms with van der Waals surface area (Å²) in [6.45, 7) is 21.3. The molecular formula is C33H45N7O3Si. The molecule has 1 fully saturated rings. The minimum atomic E-state index is -1.97. The van der Waals surface area contributed by atoms with Crippen LogP contribution in [0.3, 0.4) is 0 Å². The van der Waals surface area contributed by atoms with Gasteiger partial charge in [-0.2, -0.15) is 5.26 Å². The molecule has 0 radical (unpaired) electrons. The Bertz CT molecular complexity index is 1620. The fraction of sp³-hybridized carbons (Fsp3) is 0.515. The predicted molar refractivity (Wildman–Crippen MR) is 177 cm³/mol. The van der Waals surface area contributed by atoms with Gasteiger partial charge in [0.15, 0.2) is 8.32 Å². The summed E-state index contributed by atoms with van der Waals surface area (Å²) < 4.78 is 13.9. The number of anilines is 3. The first-order chi connectivity index (χ1) is 20.8. The molecule has 3 aromatic rings. The Morgan fingerprint density at radius 1 is 1.20 bits per heavy atom. The number of ether oxygens (including phenoxy) is 1. The quantitative estimate of drug-likeness (QED) is 0.311. The number of nitriles is 1. The predicted octanol–water partition coefficient (Wildman–Crippen LogP) is 5.27. The number of hydrogen-bond acceptors (Lipinski definition) is 9. The maximum Gasteiger partial charge on any atom is 0.274 e. The first-order valence-corrected chi connectivity index (χ1v) is 18.3. The van der Waals surface area contributed by atoms with Gasteiger partial charge in [0.25, 0.3) is 5.56 Å². The monoisotopic (exact) mass is 615 g/mol. The van der Waals surface area contributed by atoms with Gasteiger partial charge in [0.05, 0.1) is 30.2 Å². The summed E-state index contributed by atoms with van der Waals surface area (Å²) in [6, 6.07) is 10.0. The fourth-order valence-corrected chi connectivity index (χ4v) is 6.54. The molecule has 10 nitrogen and oxygen atoms in total. The van der Waals surface area contributed by atoms with Crippen molar-refractivity contribution < 1.29 is 9.16 Å². The second-order valence-electron chi connectivity index (χ2n) is 13.8. The van der Waals surface area contributed by atoms with E-state index in [2.05, 4.69) is 73.4 Å². The highest BCUT2D eigenvalue weighted by molar-refractivity contribution is 6.74. The molecule has 1 aromatic carbocycles. The zero-order valence-corrected chi connectivity index (χ0v) is 28.1. The van der Waals surface area contributed by atoms with E-state index in [1.165, 1.54) is 0 Å². The van der Waals surface area contributed by atoms with Gasteiger partial charge < -0.3 is 24.4 Å². The van der Waals surface area contributed by atoms with Crippen molar-refractivity contribution in [2.75, 3.05) is 56.6 Å². The SMILES string of the molecule is Cc1cc(Nc2nccc(-c3cc(C#N)c4c(c3)[C@@](C)(CO[Si](C)(C)C(C)(C)C)CN4)n2)c(=O)n(CCN2CCOCC2)c1. The fourth-order valence-electron chi connectivity index (χ4n) is 5.42. The number of aryl methyl sites for hydroxylation is 1. The number of hydrogen-bond donors (Lipinski definition) is 2. The third kappa shape index (κ3) is 6.73. The minimum absolute atomic E-state index is 0.103. The summed E-state index contributed by atoms with van der Waals surface area (Å²) in [5, 5.41) is 16.8. The molecule has 1 atom stereocenters. The number of morpholine rings is 1. The first-order valence-electron chi connectivity index (χ1n) is 15.4. The Morgan fingerprint density at radius 2 is 1.95 bits per heavy atom. The summed E-state index contributed by atoms with van der Waals surface area (Å²) in [7, 11) is -1.97. The van der Waals surface area contributed by atoms with Crippen LogP contribution in [0, 0.1) is 18.3 Å². The van der Waals surface area contributed by atoms with Crippen LogP contribution in [0.1, 0.15) is 44.4 Å². The van der Waals surface area contributed by atoms with Crippen LogP contribution in [0.2, 0.25) is 18.1 Å². The molecule has 2 N–H and O–H groups in total. The summed E-state index contributed by atoms with van der Waals surface area (Å²) in [5.41, 5.74) is 4.96. The van der Waals surface area contributed by atoms with Gasteiger partial charge in [0.2, 0.25) is 5.95 Å². The van der Waals surface area contributed by atoms with Crippen LogP contribution < -0.4 is 16.2 Å². The van der Waals surface area contributed by atoms with Crippen LogP contribution in [-0.4, -0.2) is 73.8 Å². The van der Waals surface area contributed by atoms with E-state index in [-0.39, 0.29) is 16.0 Å². The standard InChI is InChI=1S/C33H45N7O3Si/c1-23-16-28(30(41)40(20-23)11-10-39-12-14-42-15-13-39)38-31-35-9-8-27(37-31)24-17-25(19-34)29-26(18-24)33(5,21-36-29)22-43-44(6,7)32(2,3)4/h8-9,16-18,20,36H,10-15,21-22H2,1-7H3,(H,35,37,38)/t33-/m1/s1. The molecule has 0 unspecified atom stereocenters. The van der Waals surface area contributed by atoms with Crippen LogP contribution in [-0.2, 0) is 21.1 Å². The number of nitrogens with one attached hydrogen (secondary N) is 2.